The number of hydrogen-bond donors (Lipinski definition) is 0. The molecule has 1 saturated heterocycles. The van der Waals surface area contributed by atoms with Crippen LogP contribution in [-0.2, 0) is 16.8 Å². The van der Waals surface area contributed by atoms with E-state index in [0.717, 1.165) is 44.6 Å². The van der Waals surface area contributed by atoms with Crippen molar-refractivity contribution in [1.82, 2.24) is 14.1 Å². The minimum absolute atomic E-state index is 0.191. The van der Waals surface area contributed by atoms with E-state index in [1.165, 1.54) is 16.9 Å². The van der Waals surface area contributed by atoms with Gasteiger partial charge in [0.1, 0.15) is 6.61 Å². The van der Waals surface area contributed by atoms with Gasteiger partial charge in [-0.05, 0) is 74.4 Å². The van der Waals surface area contributed by atoms with E-state index < -0.39 is 0 Å². The SMILES string of the molecule is CCN(C(=O)OCc1ccccc1)C1CCN(C[C@@H]2C[C@@]2(CN(C)Sc2ccccc2)c2ccccc2)CC1. The minimum Gasteiger partial charge on any atom is -0.445 e. The quantitative estimate of drug-likeness (QED) is 0.251. The molecule has 2 atom stereocenters. The Morgan fingerprint density at radius 3 is 2.21 bits per heavy atom. The van der Waals surface area contributed by atoms with E-state index in [1.807, 2.05) is 47.2 Å². The molecule has 3 aromatic carbocycles. The number of benzene rings is 3. The number of nitrogens with zero attached hydrogens (tertiary/aromatic N) is 3. The van der Waals surface area contributed by atoms with Gasteiger partial charge < -0.3 is 14.5 Å². The topological polar surface area (TPSA) is 36.0 Å². The fourth-order valence-electron chi connectivity index (χ4n) is 6.18. The summed E-state index contributed by atoms with van der Waals surface area (Å²) in [5.74, 6) is 0.647. The number of amides is 1. The lowest BCUT2D eigenvalue weighted by Gasteiger charge is -2.38. The van der Waals surface area contributed by atoms with Gasteiger partial charge in [0.25, 0.3) is 0 Å². The van der Waals surface area contributed by atoms with Crippen LogP contribution in [0.4, 0.5) is 4.79 Å². The van der Waals surface area contributed by atoms with Crippen LogP contribution in [0.2, 0.25) is 0 Å². The maximum atomic E-state index is 12.9. The number of carbonyl (C=O) groups is 1. The van der Waals surface area contributed by atoms with Crippen molar-refractivity contribution in [1.29, 1.82) is 0 Å². The second kappa shape index (κ2) is 13.0. The lowest BCUT2D eigenvalue weighted by molar-refractivity contribution is 0.0620. The maximum absolute atomic E-state index is 12.9. The third-order valence-electron chi connectivity index (χ3n) is 8.35. The number of ether oxygens (including phenoxy) is 1. The van der Waals surface area contributed by atoms with Crippen LogP contribution in [0.1, 0.15) is 37.3 Å². The zero-order valence-electron chi connectivity index (χ0n) is 23.2. The molecule has 2 fully saturated rings. The standard InChI is InChI=1S/C33H41N3O2S/c1-3-36(32(37)38-25-27-13-7-4-8-14-27)30-19-21-35(22-20-30)24-29-23-33(29,28-15-9-5-10-16-28)26-34(2)39-31-17-11-6-12-18-31/h4-18,29-30H,3,19-26H2,1-2H3/t29-,33+/m0/s1. The monoisotopic (exact) mass is 543 g/mol. The second-order valence-corrected chi connectivity index (χ2v) is 12.2. The lowest BCUT2D eigenvalue weighted by atomic mass is 9.92. The molecule has 5 rings (SSSR count). The highest BCUT2D eigenvalue weighted by atomic mass is 32.2. The number of hydrogen-bond acceptors (Lipinski definition) is 5. The Morgan fingerprint density at radius 1 is 0.949 bits per heavy atom. The molecule has 1 heterocycles. The number of rotatable bonds is 11. The molecule has 6 heteroatoms. The average molecular weight is 544 g/mol. The Hall–Kier alpha value is -2.80. The zero-order valence-corrected chi connectivity index (χ0v) is 24.1. The minimum atomic E-state index is -0.191. The third kappa shape index (κ3) is 7.05. The molecule has 0 aromatic heterocycles. The van der Waals surface area contributed by atoms with E-state index >= 15 is 0 Å². The van der Waals surface area contributed by atoms with E-state index in [-0.39, 0.29) is 17.6 Å². The van der Waals surface area contributed by atoms with Crippen LogP contribution < -0.4 is 0 Å². The second-order valence-electron chi connectivity index (χ2n) is 11.0. The van der Waals surface area contributed by atoms with Crippen LogP contribution in [-0.4, -0.2) is 66.0 Å². The van der Waals surface area contributed by atoms with Crippen molar-refractivity contribution in [3.05, 3.63) is 102 Å². The van der Waals surface area contributed by atoms with Gasteiger partial charge in [0.2, 0.25) is 0 Å². The first-order valence-electron chi connectivity index (χ1n) is 14.3. The summed E-state index contributed by atoms with van der Waals surface area (Å²) in [5.41, 5.74) is 2.69. The van der Waals surface area contributed by atoms with Gasteiger partial charge in [-0.25, -0.2) is 9.10 Å². The fraction of sp³-hybridized carbons (Fsp3) is 0.424. The summed E-state index contributed by atoms with van der Waals surface area (Å²) in [6, 6.07) is 31.9. The van der Waals surface area contributed by atoms with Gasteiger partial charge in [-0.15, -0.1) is 0 Å². The number of likely N-dealkylation sites (tertiary alicyclic amines) is 1. The molecule has 3 aromatic rings. The van der Waals surface area contributed by atoms with Crippen LogP contribution >= 0.6 is 11.9 Å². The molecule has 5 nitrogen and oxygen atoms in total. The van der Waals surface area contributed by atoms with Gasteiger partial charge in [-0.3, -0.25) is 0 Å². The van der Waals surface area contributed by atoms with Crippen LogP contribution in [0.5, 0.6) is 0 Å². The largest absolute Gasteiger partial charge is 0.445 e. The van der Waals surface area contributed by atoms with Crippen molar-refractivity contribution in [3.63, 3.8) is 0 Å². The van der Waals surface area contributed by atoms with Gasteiger partial charge in [0, 0.05) is 49.1 Å². The molecule has 0 unspecified atom stereocenters. The molecule has 0 N–H and O–H groups in total. The van der Waals surface area contributed by atoms with E-state index in [9.17, 15) is 4.79 Å². The molecule has 1 aliphatic carbocycles. The van der Waals surface area contributed by atoms with E-state index in [2.05, 4.69) is 83.8 Å². The molecule has 1 amide bonds. The van der Waals surface area contributed by atoms with Crippen molar-refractivity contribution < 1.29 is 9.53 Å². The Bertz CT molecular complexity index is 1170. The molecule has 39 heavy (non-hydrogen) atoms. The van der Waals surface area contributed by atoms with Crippen molar-refractivity contribution in [3.8, 4) is 0 Å². The molecule has 1 saturated carbocycles. The predicted octanol–water partition coefficient (Wildman–Crippen LogP) is 6.71. The highest BCUT2D eigenvalue weighted by molar-refractivity contribution is 7.97. The maximum Gasteiger partial charge on any atom is 0.410 e. The van der Waals surface area contributed by atoms with Gasteiger partial charge in [0.15, 0.2) is 0 Å². The van der Waals surface area contributed by atoms with Crippen molar-refractivity contribution in [2.75, 3.05) is 39.8 Å². The summed E-state index contributed by atoms with van der Waals surface area (Å²) in [6.45, 7) is 7.29. The zero-order chi connectivity index (χ0) is 27.1. The highest BCUT2D eigenvalue weighted by Crippen LogP contribution is 2.55. The summed E-state index contributed by atoms with van der Waals surface area (Å²) >= 11 is 1.83. The molecule has 206 valence electrons. The van der Waals surface area contributed by atoms with Crippen LogP contribution in [0.25, 0.3) is 0 Å². The molecule has 1 aliphatic heterocycles. The summed E-state index contributed by atoms with van der Waals surface area (Å²) in [6.07, 6.45) is 3.04. The fourth-order valence-corrected chi connectivity index (χ4v) is 7.12. The molecule has 0 radical (unpaired) electrons. The highest BCUT2D eigenvalue weighted by Gasteiger charge is 2.56. The van der Waals surface area contributed by atoms with Gasteiger partial charge >= 0.3 is 6.09 Å². The van der Waals surface area contributed by atoms with Crippen LogP contribution in [0.3, 0.4) is 0 Å². The number of likely N-dealkylation sites (N-methyl/N-ethyl adjacent to an activating group) is 1. The van der Waals surface area contributed by atoms with E-state index in [1.54, 1.807) is 0 Å². The Balaban J connectivity index is 1.15. The third-order valence-corrected chi connectivity index (χ3v) is 9.27. The summed E-state index contributed by atoms with van der Waals surface area (Å²) < 4.78 is 8.07. The van der Waals surface area contributed by atoms with Gasteiger partial charge in [0.05, 0.1) is 0 Å². The number of piperidine rings is 1. The van der Waals surface area contributed by atoms with Gasteiger partial charge in [-0.2, -0.15) is 0 Å². The average Bonchev–Trinajstić information content (AvgIpc) is 3.67. The summed E-state index contributed by atoms with van der Waals surface area (Å²) in [4.78, 5) is 18.7. The molecule has 0 bridgehead atoms. The first kappa shape index (κ1) is 27.8. The molecular formula is C33H41N3O2S. The van der Waals surface area contributed by atoms with Crippen LogP contribution in [0, 0.1) is 5.92 Å². The van der Waals surface area contributed by atoms with Crippen LogP contribution in [0.15, 0.2) is 95.9 Å². The molecule has 0 spiro atoms. The number of carbonyl (C=O) groups excluding carboxylic acids is 1. The van der Waals surface area contributed by atoms with E-state index in [0.29, 0.717) is 19.1 Å². The summed E-state index contributed by atoms with van der Waals surface area (Å²) in [5, 5.41) is 0. The van der Waals surface area contributed by atoms with Crippen molar-refractivity contribution >= 4 is 18.0 Å². The predicted molar refractivity (Wildman–Crippen MR) is 160 cm³/mol. The summed E-state index contributed by atoms with van der Waals surface area (Å²) in [7, 11) is 2.22. The van der Waals surface area contributed by atoms with Gasteiger partial charge in [-0.1, -0.05) is 78.9 Å². The Kier molecular flexibility index (Phi) is 9.28. The van der Waals surface area contributed by atoms with E-state index in [4.69, 9.17) is 4.74 Å². The normalized spacial score (nSPS) is 21.6. The van der Waals surface area contributed by atoms with Crippen molar-refractivity contribution in [2.24, 2.45) is 5.92 Å². The lowest BCUT2D eigenvalue weighted by Crippen LogP contribution is -2.48. The Morgan fingerprint density at radius 2 is 1.56 bits per heavy atom. The van der Waals surface area contributed by atoms with Crippen molar-refractivity contribution in [2.45, 2.75) is 49.1 Å². The smallest absolute Gasteiger partial charge is 0.410 e. The molecule has 2 aliphatic rings. The Labute approximate surface area is 238 Å². The first-order valence-corrected chi connectivity index (χ1v) is 15.0. The first-order chi connectivity index (χ1) is 19.1. The molecular weight excluding hydrogens is 502 g/mol.